The topological polar surface area (TPSA) is 71.6 Å². The van der Waals surface area contributed by atoms with E-state index in [4.69, 9.17) is 9.47 Å². The van der Waals surface area contributed by atoms with Crippen LogP contribution in [0.5, 0.6) is 11.5 Å². The van der Waals surface area contributed by atoms with Gasteiger partial charge in [-0.25, -0.2) is 0 Å². The summed E-state index contributed by atoms with van der Waals surface area (Å²) in [4.78, 5) is 31.9. The van der Waals surface area contributed by atoms with E-state index in [0.29, 0.717) is 30.0 Å². The van der Waals surface area contributed by atoms with Gasteiger partial charge in [0, 0.05) is 18.0 Å². The number of methoxy groups -OCH3 is 2. The third-order valence-electron chi connectivity index (χ3n) is 7.23. The van der Waals surface area contributed by atoms with Crippen LogP contribution in [0, 0.1) is 19.8 Å². The minimum absolute atomic E-state index is 0.0539. The summed E-state index contributed by atoms with van der Waals surface area (Å²) in [6.45, 7) is 4.63. The van der Waals surface area contributed by atoms with Gasteiger partial charge in [-0.2, -0.15) is 0 Å². The van der Waals surface area contributed by atoms with E-state index in [9.17, 15) is 9.59 Å². The molecule has 1 aromatic heterocycles. The SMILES string of the molecule is COc1cc2c(cc1OC)[C@@H](c1cc3cc(C)cc(C)c3[nH]c1=O)N(C(=O)C1CCC1)CC2. The lowest BCUT2D eigenvalue weighted by Crippen LogP contribution is -2.46. The second kappa shape index (κ2) is 8.25. The van der Waals surface area contributed by atoms with Gasteiger partial charge in [0.2, 0.25) is 5.91 Å². The molecule has 172 valence electrons. The van der Waals surface area contributed by atoms with Gasteiger partial charge in [0.25, 0.3) is 5.56 Å². The number of nitrogens with one attached hydrogen (secondary N) is 1. The number of benzene rings is 2. The molecule has 1 N–H and O–H groups in total. The predicted octanol–water partition coefficient (Wildman–Crippen LogP) is 4.44. The third kappa shape index (κ3) is 3.58. The molecule has 1 amide bonds. The number of aromatic amines is 1. The van der Waals surface area contributed by atoms with E-state index >= 15 is 0 Å². The summed E-state index contributed by atoms with van der Waals surface area (Å²) in [5, 5.41) is 0.978. The minimum Gasteiger partial charge on any atom is -0.493 e. The predicted molar refractivity (Wildman–Crippen MR) is 128 cm³/mol. The van der Waals surface area contributed by atoms with E-state index in [-0.39, 0.29) is 17.4 Å². The molecule has 2 aliphatic rings. The Balaban J connectivity index is 1.73. The van der Waals surface area contributed by atoms with E-state index in [1.54, 1.807) is 14.2 Å². The van der Waals surface area contributed by atoms with Crippen LogP contribution in [0.25, 0.3) is 10.9 Å². The van der Waals surface area contributed by atoms with Crippen LogP contribution in [-0.2, 0) is 11.2 Å². The number of nitrogens with zero attached hydrogens (tertiary/aromatic N) is 1. The molecule has 1 aliphatic carbocycles. The highest BCUT2D eigenvalue weighted by Crippen LogP contribution is 2.42. The zero-order chi connectivity index (χ0) is 23.3. The molecular weight excluding hydrogens is 416 g/mol. The number of hydrogen-bond acceptors (Lipinski definition) is 4. The lowest BCUT2D eigenvalue weighted by molar-refractivity contribution is -0.140. The molecule has 3 aromatic rings. The fraction of sp³-hybridized carbons (Fsp3) is 0.407. The maximum atomic E-state index is 13.5. The minimum atomic E-state index is -0.462. The summed E-state index contributed by atoms with van der Waals surface area (Å²) < 4.78 is 11.1. The largest absolute Gasteiger partial charge is 0.493 e. The normalized spacial score (nSPS) is 18.1. The maximum Gasteiger partial charge on any atom is 0.254 e. The Kier molecular flexibility index (Phi) is 5.39. The number of hydrogen-bond donors (Lipinski definition) is 1. The van der Waals surface area contributed by atoms with Gasteiger partial charge in [-0.05, 0) is 79.5 Å². The van der Waals surface area contributed by atoms with Crippen molar-refractivity contribution in [1.82, 2.24) is 9.88 Å². The molecule has 5 rings (SSSR count). The first-order chi connectivity index (χ1) is 15.9. The zero-order valence-corrected chi connectivity index (χ0v) is 19.7. The first-order valence-electron chi connectivity index (χ1n) is 11.6. The van der Waals surface area contributed by atoms with Gasteiger partial charge in [0.1, 0.15) is 0 Å². The van der Waals surface area contributed by atoms with Gasteiger partial charge in [0.05, 0.1) is 25.8 Å². The van der Waals surface area contributed by atoms with Crippen molar-refractivity contribution in [2.45, 2.75) is 45.6 Å². The van der Waals surface area contributed by atoms with E-state index < -0.39 is 6.04 Å². The molecule has 2 aromatic carbocycles. The molecule has 1 atom stereocenters. The van der Waals surface area contributed by atoms with Gasteiger partial charge in [-0.1, -0.05) is 18.1 Å². The van der Waals surface area contributed by atoms with E-state index in [0.717, 1.165) is 52.4 Å². The van der Waals surface area contributed by atoms with Crippen molar-refractivity contribution in [3.63, 3.8) is 0 Å². The van der Waals surface area contributed by atoms with Crippen LogP contribution in [0.2, 0.25) is 0 Å². The number of carbonyl (C=O) groups is 1. The van der Waals surface area contributed by atoms with E-state index in [2.05, 4.69) is 24.0 Å². The van der Waals surface area contributed by atoms with Crippen molar-refractivity contribution >= 4 is 16.8 Å². The molecule has 2 heterocycles. The van der Waals surface area contributed by atoms with Crippen LogP contribution in [0.1, 0.15) is 53.1 Å². The monoisotopic (exact) mass is 446 g/mol. The quantitative estimate of drug-likeness (QED) is 0.643. The van der Waals surface area contributed by atoms with Crippen LogP contribution in [0.15, 0.2) is 35.1 Å². The molecule has 1 fully saturated rings. The number of fused-ring (bicyclic) bond motifs is 2. The summed E-state index contributed by atoms with van der Waals surface area (Å²) in [6.07, 6.45) is 3.65. The number of rotatable bonds is 4. The molecule has 33 heavy (non-hydrogen) atoms. The molecule has 1 aliphatic heterocycles. The van der Waals surface area contributed by atoms with Crippen molar-refractivity contribution in [1.29, 1.82) is 0 Å². The molecule has 0 radical (unpaired) electrons. The van der Waals surface area contributed by atoms with Crippen LogP contribution < -0.4 is 15.0 Å². The Morgan fingerprint density at radius 3 is 2.39 bits per heavy atom. The van der Waals surface area contributed by atoms with Crippen molar-refractivity contribution in [2.75, 3.05) is 20.8 Å². The number of H-pyrrole nitrogens is 1. The van der Waals surface area contributed by atoms with Gasteiger partial charge in [0.15, 0.2) is 11.5 Å². The lowest BCUT2D eigenvalue weighted by Gasteiger charge is -2.41. The van der Waals surface area contributed by atoms with Crippen LogP contribution in [-0.4, -0.2) is 36.6 Å². The molecular formula is C27H30N2O4. The molecule has 0 spiro atoms. The Morgan fingerprint density at radius 2 is 1.73 bits per heavy atom. The number of aryl methyl sites for hydroxylation is 2. The van der Waals surface area contributed by atoms with Gasteiger partial charge >= 0.3 is 0 Å². The highest BCUT2D eigenvalue weighted by Gasteiger charge is 2.39. The Bertz CT molecular complexity index is 1310. The molecule has 0 unspecified atom stereocenters. The van der Waals surface area contributed by atoms with Gasteiger partial charge in [-0.15, -0.1) is 0 Å². The van der Waals surface area contributed by atoms with Gasteiger partial charge in [-0.3, -0.25) is 9.59 Å². The second-order valence-corrected chi connectivity index (χ2v) is 9.32. The summed E-state index contributed by atoms with van der Waals surface area (Å²) in [5.41, 5.74) is 5.45. The lowest BCUT2D eigenvalue weighted by atomic mass is 9.81. The zero-order valence-electron chi connectivity index (χ0n) is 19.7. The summed E-state index contributed by atoms with van der Waals surface area (Å²) in [7, 11) is 3.23. The molecule has 6 heteroatoms. The number of carbonyl (C=O) groups excluding carboxylic acids is 1. The van der Waals surface area contributed by atoms with Crippen molar-refractivity contribution in [3.8, 4) is 11.5 Å². The first kappa shape index (κ1) is 21.6. The van der Waals surface area contributed by atoms with Crippen molar-refractivity contribution in [2.24, 2.45) is 5.92 Å². The highest BCUT2D eigenvalue weighted by atomic mass is 16.5. The smallest absolute Gasteiger partial charge is 0.254 e. The fourth-order valence-electron chi connectivity index (χ4n) is 5.32. The summed E-state index contributed by atoms with van der Waals surface area (Å²) >= 11 is 0. The number of amides is 1. The summed E-state index contributed by atoms with van der Waals surface area (Å²) in [6, 6.07) is 9.57. The van der Waals surface area contributed by atoms with Crippen LogP contribution in [0.3, 0.4) is 0 Å². The molecule has 0 bridgehead atoms. The number of aromatic nitrogens is 1. The second-order valence-electron chi connectivity index (χ2n) is 9.32. The van der Waals surface area contributed by atoms with Crippen molar-refractivity contribution in [3.05, 3.63) is 68.5 Å². The molecule has 0 saturated heterocycles. The highest BCUT2D eigenvalue weighted by molar-refractivity contribution is 5.84. The first-order valence-corrected chi connectivity index (χ1v) is 11.6. The fourth-order valence-corrected chi connectivity index (χ4v) is 5.32. The van der Waals surface area contributed by atoms with Crippen LogP contribution in [0.4, 0.5) is 0 Å². The Labute approximate surface area is 193 Å². The Hall–Kier alpha value is -3.28. The van der Waals surface area contributed by atoms with E-state index in [1.165, 1.54) is 0 Å². The summed E-state index contributed by atoms with van der Waals surface area (Å²) in [5.74, 6) is 1.46. The average Bonchev–Trinajstić information content (AvgIpc) is 2.76. The third-order valence-corrected chi connectivity index (χ3v) is 7.23. The molecule has 1 saturated carbocycles. The van der Waals surface area contributed by atoms with Crippen LogP contribution >= 0.6 is 0 Å². The average molecular weight is 447 g/mol. The molecule has 6 nitrogen and oxygen atoms in total. The van der Waals surface area contributed by atoms with Crippen molar-refractivity contribution < 1.29 is 14.3 Å². The Morgan fingerprint density at radius 1 is 1.00 bits per heavy atom. The number of pyridine rings is 1. The van der Waals surface area contributed by atoms with E-state index in [1.807, 2.05) is 30.0 Å². The maximum absolute atomic E-state index is 13.5. The standard InChI is InChI=1S/C27H30N2O4/c1-15-10-16(2)24-19(11-15)12-21(26(30)28-24)25-20-14-23(33-4)22(32-3)13-18(20)8-9-29(25)27(31)17-6-5-7-17/h10-14,17,25H,5-9H2,1-4H3,(H,28,30)/t25-/m0/s1. The van der Waals surface area contributed by atoms with Gasteiger partial charge < -0.3 is 19.4 Å². The number of ether oxygens (including phenoxy) is 2.